The van der Waals surface area contributed by atoms with E-state index in [2.05, 4.69) is 83.1 Å². The van der Waals surface area contributed by atoms with Gasteiger partial charge in [0.05, 0.1) is 101 Å². The SMILES string of the molecule is C.C.COC(=O)CC[C@@H]1N=C(c2ccccn2)c2cc(Br)ccc2CC1=O.COC(=O)CC[C@@H]1N=C(c2ccccn2)c2cc(Br)ccc2NC1=NCC(C)O.COC(=O)CC[C@@H]1N=C(c2ccccn2)c2cc(Br)ccc2NC1OP(=O)(N1CCOCC1)N1CCOCC1.[2HH]. The minimum absolute atomic E-state index is 0. The number of rotatable bonds is 18. The monoisotopic (exact) mass is 1510 g/mol. The van der Waals surface area contributed by atoms with Crippen LogP contribution in [0.3, 0.4) is 0 Å². The lowest BCUT2D eigenvalue weighted by atomic mass is 9.97. The number of carbonyl (C=O) groups excluding carboxylic acids is 4. The highest BCUT2D eigenvalue weighted by atomic mass is 79.9. The summed E-state index contributed by atoms with van der Waals surface area (Å²) in [6, 6.07) is 32.8. The number of nitrogens with one attached hydrogen (secondary N) is 2. The zero-order valence-electron chi connectivity index (χ0n) is 51.9. The first-order chi connectivity index (χ1) is 45.0. The Bertz CT molecular complexity index is 3730. The number of pyridine rings is 3. The van der Waals surface area contributed by atoms with Crippen LogP contribution >= 0.6 is 55.5 Å². The number of benzodiazepines with no additional fused rings is 2. The summed E-state index contributed by atoms with van der Waals surface area (Å²) >= 11 is 10.6. The predicted octanol–water partition coefficient (Wildman–Crippen LogP) is 11.4. The fraction of sp³-hybridized carbons (Fsp3) is 0.397. The molecule has 0 radical (unpaired) electrons. The summed E-state index contributed by atoms with van der Waals surface area (Å²) in [6.07, 6.45) is 5.60. The molecule has 0 spiro atoms. The number of amidine groups is 1. The van der Waals surface area contributed by atoms with Crippen LogP contribution in [0.4, 0.5) is 11.4 Å². The molecule has 23 nitrogen and oxygen atoms in total. The number of aliphatic imine (C=N–C) groups is 4. The molecule has 2 saturated heterocycles. The van der Waals surface area contributed by atoms with Gasteiger partial charge in [0.1, 0.15) is 17.9 Å². The number of ketones is 1. The van der Waals surface area contributed by atoms with Gasteiger partial charge in [0.15, 0.2) is 12.0 Å². The summed E-state index contributed by atoms with van der Waals surface area (Å²) in [5, 5.41) is 16.5. The van der Waals surface area contributed by atoms with E-state index in [9.17, 15) is 28.8 Å². The van der Waals surface area contributed by atoms with Crippen molar-refractivity contribution in [2.45, 2.75) is 97.2 Å². The second-order valence-electron chi connectivity index (χ2n) is 21.8. The van der Waals surface area contributed by atoms with Crippen LogP contribution in [0.5, 0.6) is 0 Å². The molecule has 27 heteroatoms. The van der Waals surface area contributed by atoms with E-state index < -0.39 is 38.1 Å². The van der Waals surface area contributed by atoms with Crippen molar-refractivity contribution in [3.8, 4) is 0 Å². The average Bonchev–Trinajstić information content (AvgIpc) is 1.37. The highest BCUT2D eigenvalue weighted by Gasteiger charge is 2.45. The minimum Gasteiger partial charge on any atom is -0.469 e. The van der Waals surface area contributed by atoms with E-state index in [4.69, 9.17) is 38.4 Å². The van der Waals surface area contributed by atoms with Crippen molar-refractivity contribution in [3.05, 3.63) is 181 Å². The van der Waals surface area contributed by atoms with E-state index in [0.717, 1.165) is 52.7 Å². The predicted molar refractivity (Wildman–Crippen MR) is 380 cm³/mol. The highest BCUT2D eigenvalue weighted by molar-refractivity contribution is 9.11. The molecule has 11 rings (SSSR count). The number of fused-ring (bicyclic) bond motifs is 3. The van der Waals surface area contributed by atoms with Gasteiger partial charge in [-0.3, -0.25) is 63.2 Å². The molecule has 6 aromatic rings. The van der Waals surface area contributed by atoms with E-state index in [-0.39, 0.29) is 72.2 Å². The van der Waals surface area contributed by atoms with Crippen LogP contribution in [0.15, 0.2) is 161 Å². The van der Waals surface area contributed by atoms with Gasteiger partial charge in [-0.2, -0.15) is 0 Å². The number of carbonyl (C=O) groups is 4. The van der Waals surface area contributed by atoms with Crippen LogP contribution < -0.4 is 10.6 Å². The number of hydrogen-bond donors (Lipinski definition) is 3. The normalized spacial score (nSPS) is 19.3. The molecule has 2 fully saturated rings. The fourth-order valence-electron chi connectivity index (χ4n) is 10.6. The Morgan fingerprint density at radius 1 is 0.632 bits per heavy atom. The summed E-state index contributed by atoms with van der Waals surface area (Å²) < 4.78 is 53.5. The van der Waals surface area contributed by atoms with Gasteiger partial charge in [-0.15, -0.1) is 0 Å². The molecule has 95 heavy (non-hydrogen) atoms. The number of halogens is 3. The summed E-state index contributed by atoms with van der Waals surface area (Å²) in [5.41, 5.74) is 9.29. The molecule has 5 aliphatic rings. The molecule has 0 aliphatic carbocycles. The second kappa shape index (κ2) is 36.9. The Morgan fingerprint density at radius 2 is 1.07 bits per heavy atom. The molecule has 0 bridgehead atoms. The van der Waals surface area contributed by atoms with Crippen LogP contribution in [0.25, 0.3) is 0 Å². The Balaban J connectivity index is 0.000000230. The molecular weight excluding hydrogens is 1430 g/mol. The number of aromatic nitrogens is 3. The maximum absolute atomic E-state index is 14.9. The lowest BCUT2D eigenvalue weighted by Crippen LogP contribution is -2.46. The molecule has 3 aromatic heterocycles. The fourth-order valence-corrected chi connectivity index (χ4v) is 14.2. The van der Waals surface area contributed by atoms with Crippen molar-refractivity contribution in [1.82, 2.24) is 24.3 Å². The maximum Gasteiger partial charge on any atom is 0.348 e. The number of benzene rings is 3. The van der Waals surface area contributed by atoms with Gasteiger partial charge in [0, 0.05) is 113 Å². The number of anilines is 2. The molecule has 3 aromatic carbocycles. The molecule has 8 heterocycles. The molecule has 5 aliphatic heterocycles. The first kappa shape index (κ1) is 75.3. The maximum atomic E-state index is 14.9. The Kier molecular flexibility index (Phi) is 29.2. The Hall–Kier alpha value is -7.10. The van der Waals surface area contributed by atoms with Crippen molar-refractivity contribution in [1.29, 1.82) is 0 Å². The third-order valence-electron chi connectivity index (χ3n) is 15.4. The quantitative estimate of drug-likeness (QED) is 0.0409. The van der Waals surface area contributed by atoms with Crippen molar-refractivity contribution < 1.29 is 58.5 Å². The second-order valence-corrected chi connectivity index (χ2v) is 26.9. The number of hydrogen-bond acceptors (Lipinski definition) is 20. The Labute approximate surface area is 581 Å². The molecule has 3 N–H and O–H groups in total. The van der Waals surface area contributed by atoms with Gasteiger partial charge < -0.3 is 39.4 Å². The number of esters is 3. The van der Waals surface area contributed by atoms with Crippen molar-refractivity contribution >= 4 is 113 Å². The van der Waals surface area contributed by atoms with Gasteiger partial charge >= 0.3 is 25.6 Å². The molecule has 0 saturated carbocycles. The summed E-state index contributed by atoms with van der Waals surface area (Å²) in [4.78, 5) is 80.8. The molecule has 0 amide bonds. The number of aliphatic hydroxyl groups excluding tert-OH is 1. The summed E-state index contributed by atoms with van der Waals surface area (Å²) in [6.45, 7) is 5.75. The average molecular weight is 1520 g/mol. The van der Waals surface area contributed by atoms with Crippen LogP contribution in [-0.2, 0) is 58.4 Å². The van der Waals surface area contributed by atoms with Gasteiger partial charge in [0.25, 0.3) is 0 Å². The third-order valence-corrected chi connectivity index (χ3v) is 19.6. The highest BCUT2D eigenvalue weighted by Crippen LogP contribution is 2.56. The number of ether oxygens (including phenoxy) is 5. The van der Waals surface area contributed by atoms with Gasteiger partial charge in [-0.25, -0.2) is 9.34 Å². The third kappa shape index (κ3) is 20.5. The molecular formula is C68H83Br3N11O12P. The van der Waals surface area contributed by atoms with Gasteiger partial charge in [-0.05, 0) is 117 Å². The van der Waals surface area contributed by atoms with Crippen molar-refractivity contribution in [3.63, 3.8) is 0 Å². The summed E-state index contributed by atoms with van der Waals surface area (Å²) in [7, 11) is 0.542. The van der Waals surface area contributed by atoms with Gasteiger partial charge in [-0.1, -0.05) is 86.9 Å². The topological polar surface area (TPSA) is 280 Å². The zero-order valence-corrected chi connectivity index (χ0v) is 57.5. The van der Waals surface area contributed by atoms with Crippen LogP contribution in [0, 0.1) is 0 Å². The first-order valence-corrected chi connectivity index (χ1v) is 34.2. The smallest absolute Gasteiger partial charge is 0.348 e. The first-order valence-electron chi connectivity index (χ1n) is 30.3. The van der Waals surface area contributed by atoms with E-state index in [0.29, 0.717) is 106 Å². The Morgan fingerprint density at radius 3 is 1.57 bits per heavy atom. The number of methoxy groups -OCH3 is 3. The van der Waals surface area contributed by atoms with Crippen LogP contribution in [0.2, 0.25) is 0 Å². The van der Waals surface area contributed by atoms with E-state index in [1.54, 1.807) is 25.5 Å². The van der Waals surface area contributed by atoms with Gasteiger partial charge in [0.2, 0.25) is 0 Å². The summed E-state index contributed by atoms with van der Waals surface area (Å²) in [5.74, 6) is -0.397. The van der Waals surface area contributed by atoms with Crippen LogP contribution in [-0.4, -0.2) is 187 Å². The van der Waals surface area contributed by atoms with Crippen molar-refractivity contribution in [2.75, 3.05) is 91.1 Å². The largest absolute Gasteiger partial charge is 0.469 e. The standard InChI is InChI=1S/C26H33BrN5O6P.C21H23BrN4O3.C19H17BrN2O3.2CH4.H2/c1-35-24(33)8-7-23-26(38-39(34,31-10-14-36-15-11-31)32-12-16-37-17-13-32)30-21-6-5-19(27)18-20(21)25(29-23)22-4-2-3-9-28-22;1-13(27)12-24-21-18(8-9-19(28)29-2)25-20(17-5-3-4-10-23-17)15-11-14(22)6-7-16(15)26-21;1-25-18(24)8-7-15-17(23)10-12-5-6-13(20)11-14(12)19(22-15)16-4-2-3-9-21-16;;;/h2-6,9,18,23,26,30H,7-8,10-17H2,1H3;3-7,10-11,13,18,27H,8-9,12H2,1-2H3,(H,24,26);2-6,9,11,15H,7-8,10H2,1H3;2*1H4;1H/t23-,26?;13?,18-;15-;;;/m000.../s1/i;;;;;1+1. The van der Waals surface area contributed by atoms with E-state index in [1.807, 2.05) is 119 Å². The molecule has 508 valence electrons. The van der Waals surface area contributed by atoms with Crippen LogP contribution in [0.1, 0.15) is 101 Å². The lowest BCUT2D eigenvalue weighted by molar-refractivity contribution is -0.141. The van der Waals surface area contributed by atoms with E-state index >= 15 is 0 Å². The molecule has 2 unspecified atom stereocenters. The number of aliphatic hydroxyl groups is 1. The minimum atomic E-state index is -3.53. The number of Topliss-reactive ketones (excluding diaryl/α,β-unsaturated/α-hetero) is 1. The van der Waals surface area contributed by atoms with Crippen molar-refractivity contribution in [2.24, 2.45) is 20.0 Å². The van der Waals surface area contributed by atoms with E-state index in [1.165, 1.54) is 21.3 Å². The zero-order chi connectivity index (χ0) is 65.9. The number of nitrogens with zero attached hydrogens (tertiary/aromatic N) is 9. The molecule has 5 atom stereocenters. The lowest BCUT2D eigenvalue weighted by Gasteiger charge is -2.43. The number of morpholine rings is 2.